The molecule has 0 unspecified atom stereocenters. The van der Waals surface area contributed by atoms with Crippen LogP contribution in [0.1, 0.15) is 29.2 Å². The minimum Gasteiger partial charge on any atom is -0.504 e. The number of hydrogen-bond acceptors (Lipinski definition) is 5. The molecule has 1 amide bonds. The number of carbonyl (C=O) groups excluding carboxylic acids is 1. The molecule has 0 fully saturated rings. The van der Waals surface area contributed by atoms with Crippen molar-refractivity contribution in [2.75, 3.05) is 13.2 Å². The molecule has 0 saturated heterocycles. The van der Waals surface area contributed by atoms with Crippen molar-refractivity contribution in [3.8, 4) is 17.2 Å². The Hall–Kier alpha value is -2.29. The van der Waals surface area contributed by atoms with Gasteiger partial charge < -0.3 is 14.6 Å². The van der Waals surface area contributed by atoms with E-state index in [1.165, 1.54) is 6.21 Å². The first kappa shape index (κ1) is 21.0. The summed E-state index contributed by atoms with van der Waals surface area (Å²) in [6.07, 6.45) is 1.49. The number of aromatic hydroxyl groups is 1. The maximum atomic E-state index is 12.0. The zero-order chi connectivity index (χ0) is 20.0. The Labute approximate surface area is 172 Å². The molecule has 0 heterocycles. The maximum absolute atomic E-state index is 12.0. The second-order valence-electron chi connectivity index (χ2n) is 6.02. The van der Waals surface area contributed by atoms with Crippen LogP contribution >= 0.6 is 22.6 Å². The number of nitrogens with one attached hydrogen (secondary N) is 1. The summed E-state index contributed by atoms with van der Waals surface area (Å²) in [5.41, 5.74) is 6.26. The molecular formula is C20H23IN2O4. The Balaban J connectivity index is 1.97. The Kier molecular flexibility index (Phi) is 7.46. The second-order valence-corrected chi connectivity index (χ2v) is 7.18. The molecule has 0 atom stereocenters. The Morgan fingerprint density at radius 1 is 1.22 bits per heavy atom. The Bertz CT molecular complexity index is 866. The fraction of sp³-hybridized carbons (Fsp3) is 0.300. The minimum atomic E-state index is -0.356. The monoisotopic (exact) mass is 482 g/mol. The molecule has 0 saturated carbocycles. The lowest BCUT2D eigenvalue weighted by Gasteiger charge is -2.13. The van der Waals surface area contributed by atoms with Crippen LogP contribution in [0.25, 0.3) is 0 Å². The van der Waals surface area contributed by atoms with Gasteiger partial charge in [0.25, 0.3) is 5.91 Å². The van der Waals surface area contributed by atoms with E-state index in [2.05, 4.69) is 10.5 Å². The highest BCUT2D eigenvalue weighted by Gasteiger charge is 2.10. The van der Waals surface area contributed by atoms with Crippen molar-refractivity contribution < 1.29 is 19.4 Å². The molecule has 7 heteroatoms. The van der Waals surface area contributed by atoms with E-state index in [9.17, 15) is 9.90 Å². The fourth-order valence-corrected chi connectivity index (χ4v) is 3.06. The molecule has 0 spiro atoms. The van der Waals surface area contributed by atoms with Gasteiger partial charge in [-0.05, 0) is 84.7 Å². The van der Waals surface area contributed by atoms with Crippen LogP contribution in [-0.4, -0.2) is 30.4 Å². The van der Waals surface area contributed by atoms with Gasteiger partial charge in [0.05, 0.1) is 16.4 Å². The number of benzene rings is 2. The highest BCUT2D eigenvalue weighted by molar-refractivity contribution is 14.1. The largest absolute Gasteiger partial charge is 0.504 e. The lowest BCUT2D eigenvalue weighted by Crippen LogP contribution is -2.25. The number of rotatable bonds is 7. The van der Waals surface area contributed by atoms with Crippen molar-refractivity contribution >= 4 is 34.7 Å². The molecule has 0 aliphatic rings. The first-order chi connectivity index (χ1) is 12.8. The van der Waals surface area contributed by atoms with Crippen molar-refractivity contribution in [2.24, 2.45) is 5.10 Å². The molecule has 0 bridgehead atoms. The number of aryl methyl sites for hydroxylation is 2. The van der Waals surface area contributed by atoms with Gasteiger partial charge in [0.1, 0.15) is 5.75 Å². The summed E-state index contributed by atoms with van der Waals surface area (Å²) < 4.78 is 11.7. The normalized spacial score (nSPS) is 10.9. The molecular weight excluding hydrogens is 459 g/mol. The molecule has 0 aliphatic heterocycles. The molecule has 2 rings (SSSR count). The molecule has 2 aromatic carbocycles. The van der Waals surface area contributed by atoms with Gasteiger partial charge in [0.2, 0.25) is 0 Å². The van der Waals surface area contributed by atoms with Gasteiger partial charge in [-0.3, -0.25) is 4.79 Å². The minimum absolute atomic E-state index is 0.0935. The number of amides is 1. The third-order valence-electron chi connectivity index (χ3n) is 3.97. The van der Waals surface area contributed by atoms with E-state index in [1.54, 1.807) is 12.1 Å². The zero-order valence-electron chi connectivity index (χ0n) is 15.8. The number of nitrogens with zero attached hydrogens (tertiary/aromatic N) is 1. The van der Waals surface area contributed by atoms with Crippen LogP contribution in [0.4, 0.5) is 0 Å². The predicted molar refractivity (Wildman–Crippen MR) is 114 cm³/mol. The van der Waals surface area contributed by atoms with Crippen LogP contribution in [0.15, 0.2) is 29.4 Å². The van der Waals surface area contributed by atoms with Crippen LogP contribution in [0.5, 0.6) is 17.2 Å². The quantitative estimate of drug-likeness (QED) is 0.357. The number of hydrogen-bond donors (Lipinski definition) is 2. The van der Waals surface area contributed by atoms with Crippen molar-refractivity contribution in [3.63, 3.8) is 0 Å². The first-order valence-corrected chi connectivity index (χ1v) is 9.58. The number of carbonyl (C=O) groups is 1. The van der Waals surface area contributed by atoms with Crippen LogP contribution in [0, 0.1) is 24.3 Å². The summed E-state index contributed by atoms with van der Waals surface area (Å²) in [4.78, 5) is 12.0. The van der Waals surface area contributed by atoms with Gasteiger partial charge in [0, 0.05) is 0 Å². The average molecular weight is 482 g/mol. The second kappa shape index (κ2) is 9.59. The predicted octanol–water partition coefficient (Wildman–Crippen LogP) is 3.85. The van der Waals surface area contributed by atoms with E-state index in [-0.39, 0.29) is 18.3 Å². The van der Waals surface area contributed by atoms with E-state index in [1.807, 2.05) is 62.4 Å². The Morgan fingerprint density at radius 3 is 2.63 bits per heavy atom. The van der Waals surface area contributed by atoms with Crippen molar-refractivity contribution in [3.05, 3.63) is 50.1 Å². The van der Waals surface area contributed by atoms with Crippen LogP contribution in [0.2, 0.25) is 0 Å². The van der Waals surface area contributed by atoms with Crippen molar-refractivity contribution in [2.45, 2.75) is 27.7 Å². The molecule has 144 valence electrons. The van der Waals surface area contributed by atoms with Gasteiger partial charge in [-0.2, -0.15) is 5.10 Å². The van der Waals surface area contributed by atoms with Gasteiger partial charge in [-0.15, -0.1) is 0 Å². The third kappa shape index (κ3) is 5.59. The lowest BCUT2D eigenvalue weighted by atomic mass is 10.1. The number of ether oxygens (including phenoxy) is 2. The Morgan fingerprint density at radius 2 is 1.93 bits per heavy atom. The number of phenols is 1. The molecule has 2 aromatic rings. The van der Waals surface area contributed by atoms with Crippen molar-refractivity contribution in [1.82, 2.24) is 5.43 Å². The van der Waals surface area contributed by atoms with E-state index in [4.69, 9.17) is 9.47 Å². The van der Waals surface area contributed by atoms with Crippen LogP contribution < -0.4 is 14.9 Å². The maximum Gasteiger partial charge on any atom is 0.277 e. The highest BCUT2D eigenvalue weighted by Crippen LogP contribution is 2.32. The first-order valence-electron chi connectivity index (χ1n) is 8.50. The molecule has 0 aliphatic carbocycles. The molecule has 2 N–H and O–H groups in total. The topological polar surface area (TPSA) is 80.2 Å². The van der Waals surface area contributed by atoms with E-state index >= 15 is 0 Å². The summed E-state index contributed by atoms with van der Waals surface area (Å²) in [6.45, 7) is 8.07. The lowest BCUT2D eigenvalue weighted by molar-refractivity contribution is -0.123. The molecule has 0 radical (unpaired) electrons. The summed E-state index contributed by atoms with van der Waals surface area (Å²) in [5, 5.41) is 13.9. The van der Waals surface area contributed by atoms with E-state index in [0.29, 0.717) is 21.5 Å². The van der Waals surface area contributed by atoms with E-state index in [0.717, 1.165) is 22.4 Å². The van der Waals surface area contributed by atoms with Crippen molar-refractivity contribution in [1.29, 1.82) is 0 Å². The van der Waals surface area contributed by atoms with Crippen LogP contribution in [-0.2, 0) is 4.79 Å². The summed E-state index contributed by atoms with van der Waals surface area (Å²) in [5.74, 6) is 0.843. The SMILES string of the molecule is CCOc1cc(C=NNC(=O)COc2c(C)ccc(C)c2C)cc(I)c1O. The van der Waals surface area contributed by atoms with Gasteiger partial charge in [-0.1, -0.05) is 12.1 Å². The number of halogens is 1. The van der Waals surface area contributed by atoms with Gasteiger partial charge >= 0.3 is 0 Å². The summed E-state index contributed by atoms with van der Waals surface area (Å²) in [6, 6.07) is 7.39. The van der Waals surface area contributed by atoms with E-state index < -0.39 is 0 Å². The third-order valence-corrected chi connectivity index (χ3v) is 4.80. The van der Waals surface area contributed by atoms with Crippen LogP contribution in [0.3, 0.4) is 0 Å². The number of hydrazone groups is 1. The molecule has 6 nitrogen and oxygen atoms in total. The average Bonchev–Trinajstić information content (AvgIpc) is 2.62. The molecule has 27 heavy (non-hydrogen) atoms. The van der Waals surface area contributed by atoms with Gasteiger partial charge in [0.15, 0.2) is 18.1 Å². The summed E-state index contributed by atoms with van der Waals surface area (Å²) in [7, 11) is 0. The summed E-state index contributed by atoms with van der Waals surface area (Å²) >= 11 is 2.01. The highest BCUT2D eigenvalue weighted by atomic mass is 127. The standard InChI is InChI=1S/C20H23IN2O4/c1-5-26-17-9-15(8-16(21)19(17)25)10-22-23-18(24)11-27-20-13(3)7-6-12(2)14(20)4/h6-10,25H,5,11H2,1-4H3,(H,23,24). The number of phenolic OH excluding ortho intramolecular Hbond substituents is 1. The molecule has 0 aromatic heterocycles. The zero-order valence-corrected chi connectivity index (χ0v) is 18.0. The smallest absolute Gasteiger partial charge is 0.277 e. The fourth-order valence-electron chi connectivity index (χ4n) is 2.43. The van der Waals surface area contributed by atoms with Gasteiger partial charge in [-0.25, -0.2) is 5.43 Å².